The van der Waals surface area contributed by atoms with Gasteiger partial charge in [-0.25, -0.2) is 4.98 Å². The Hall–Kier alpha value is -1.36. The number of nitrogens with two attached hydrogens (primary N) is 1. The molecule has 84 valence electrons. The minimum atomic E-state index is -0.214. The lowest BCUT2D eigenvalue weighted by molar-refractivity contribution is 0.508. The Morgan fingerprint density at radius 1 is 1.60 bits per heavy atom. The molecule has 5 heteroatoms. The van der Waals surface area contributed by atoms with E-state index in [0.29, 0.717) is 18.3 Å². The largest absolute Gasteiger partial charge is 0.364 e. The van der Waals surface area contributed by atoms with Gasteiger partial charge in [-0.15, -0.1) is 0 Å². The van der Waals surface area contributed by atoms with Gasteiger partial charge in [-0.1, -0.05) is 13.8 Å². The maximum absolute atomic E-state index is 11.2. The molecule has 0 saturated carbocycles. The molecule has 0 radical (unpaired) electrons. The minimum Gasteiger partial charge on any atom is -0.364 e. The number of hydrogen-bond acceptors (Lipinski definition) is 4. The van der Waals surface area contributed by atoms with Crippen LogP contribution < -0.4 is 16.6 Å². The lowest BCUT2D eigenvalue weighted by Gasteiger charge is -2.14. The molecule has 4 N–H and O–H groups in total. The summed E-state index contributed by atoms with van der Waals surface area (Å²) in [6, 6.07) is 0.0476. The van der Waals surface area contributed by atoms with Crippen molar-refractivity contribution in [1.82, 2.24) is 9.97 Å². The van der Waals surface area contributed by atoms with Gasteiger partial charge in [0, 0.05) is 25.0 Å². The van der Waals surface area contributed by atoms with Crippen LogP contribution in [0.15, 0.2) is 17.2 Å². The topological polar surface area (TPSA) is 83.8 Å². The van der Waals surface area contributed by atoms with E-state index in [2.05, 4.69) is 29.1 Å². The molecule has 0 saturated heterocycles. The molecule has 5 nitrogen and oxygen atoms in total. The first kappa shape index (κ1) is 11.7. The van der Waals surface area contributed by atoms with Crippen molar-refractivity contribution in [2.45, 2.75) is 26.3 Å². The molecule has 0 fully saturated rings. The fraction of sp³-hybridized carbons (Fsp3) is 0.600. The molecular weight excluding hydrogens is 192 g/mol. The third-order valence-corrected chi connectivity index (χ3v) is 2.01. The molecular formula is C10H18N4O. The molecule has 1 rings (SSSR count). The number of H-pyrrole nitrogens is 1. The number of rotatable bonds is 5. The van der Waals surface area contributed by atoms with Gasteiger partial charge in [-0.2, -0.15) is 0 Å². The van der Waals surface area contributed by atoms with Gasteiger partial charge in [0.2, 0.25) is 0 Å². The zero-order valence-electron chi connectivity index (χ0n) is 9.16. The van der Waals surface area contributed by atoms with E-state index in [4.69, 9.17) is 5.73 Å². The average molecular weight is 210 g/mol. The molecule has 15 heavy (non-hydrogen) atoms. The Balaban J connectivity index is 2.44. The monoisotopic (exact) mass is 210 g/mol. The minimum absolute atomic E-state index is 0.0476. The molecule has 1 atom stereocenters. The van der Waals surface area contributed by atoms with Crippen molar-refractivity contribution in [3.05, 3.63) is 22.7 Å². The maximum Gasteiger partial charge on any atom is 0.290 e. The van der Waals surface area contributed by atoms with E-state index < -0.39 is 0 Å². The Morgan fingerprint density at radius 2 is 2.33 bits per heavy atom. The second-order valence-corrected chi connectivity index (χ2v) is 4.04. The van der Waals surface area contributed by atoms with Crippen LogP contribution in [0.3, 0.4) is 0 Å². The van der Waals surface area contributed by atoms with E-state index in [0.717, 1.165) is 6.42 Å². The van der Waals surface area contributed by atoms with Crippen molar-refractivity contribution in [3.8, 4) is 0 Å². The summed E-state index contributed by atoms with van der Waals surface area (Å²) in [7, 11) is 0. The first-order chi connectivity index (χ1) is 7.09. The fourth-order valence-electron chi connectivity index (χ4n) is 1.39. The molecule has 1 unspecified atom stereocenters. The van der Waals surface area contributed by atoms with Crippen LogP contribution in [0.4, 0.5) is 5.82 Å². The summed E-state index contributed by atoms with van der Waals surface area (Å²) in [6.45, 7) is 4.80. The van der Waals surface area contributed by atoms with Gasteiger partial charge in [-0.05, 0) is 12.3 Å². The quantitative estimate of drug-likeness (QED) is 0.663. The van der Waals surface area contributed by atoms with Crippen molar-refractivity contribution >= 4 is 5.82 Å². The highest BCUT2D eigenvalue weighted by atomic mass is 16.1. The van der Waals surface area contributed by atoms with E-state index >= 15 is 0 Å². The van der Waals surface area contributed by atoms with Gasteiger partial charge in [0.15, 0.2) is 5.82 Å². The van der Waals surface area contributed by atoms with E-state index in [1.807, 2.05) is 0 Å². The average Bonchev–Trinajstić information content (AvgIpc) is 2.15. The van der Waals surface area contributed by atoms with Gasteiger partial charge < -0.3 is 16.0 Å². The number of hydrogen-bond donors (Lipinski definition) is 3. The second-order valence-electron chi connectivity index (χ2n) is 4.04. The molecule has 1 aromatic heterocycles. The smallest absolute Gasteiger partial charge is 0.290 e. The lowest BCUT2D eigenvalue weighted by Crippen LogP contribution is -2.32. The van der Waals surface area contributed by atoms with Crippen LogP contribution in [0.25, 0.3) is 0 Å². The number of aromatic nitrogens is 2. The van der Waals surface area contributed by atoms with Gasteiger partial charge in [0.1, 0.15) is 0 Å². The predicted molar refractivity (Wildman–Crippen MR) is 60.8 cm³/mol. The Morgan fingerprint density at radius 3 is 2.93 bits per heavy atom. The van der Waals surface area contributed by atoms with E-state index in [-0.39, 0.29) is 11.6 Å². The molecule has 0 aliphatic heterocycles. The second kappa shape index (κ2) is 5.50. The van der Waals surface area contributed by atoms with Gasteiger partial charge in [0.25, 0.3) is 5.56 Å². The summed E-state index contributed by atoms with van der Waals surface area (Å²) in [5.41, 5.74) is 5.66. The fourth-order valence-corrected chi connectivity index (χ4v) is 1.39. The number of nitrogens with zero attached hydrogens (tertiary/aromatic N) is 1. The molecule has 0 spiro atoms. The maximum atomic E-state index is 11.2. The first-order valence-corrected chi connectivity index (χ1v) is 5.12. The van der Waals surface area contributed by atoms with Crippen molar-refractivity contribution in [1.29, 1.82) is 0 Å². The third-order valence-electron chi connectivity index (χ3n) is 2.01. The molecule has 0 bridgehead atoms. The Labute approximate surface area is 89.1 Å². The molecule has 0 aliphatic rings. The van der Waals surface area contributed by atoms with Crippen molar-refractivity contribution < 1.29 is 0 Å². The first-order valence-electron chi connectivity index (χ1n) is 5.12. The highest BCUT2D eigenvalue weighted by Gasteiger charge is 2.06. The van der Waals surface area contributed by atoms with Crippen LogP contribution in [0, 0.1) is 5.92 Å². The van der Waals surface area contributed by atoms with Crippen LogP contribution >= 0.6 is 0 Å². The van der Waals surface area contributed by atoms with Crippen LogP contribution in [-0.2, 0) is 0 Å². The Kier molecular flexibility index (Phi) is 4.30. The lowest BCUT2D eigenvalue weighted by atomic mass is 10.0. The SMILES string of the molecule is CC(C)CC(N)CNc1ncc[nH]c1=O. The van der Waals surface area contributed by atoms with Gasteiger partial charge in [-0.3, -0.25) is 4.79 Å². The van der Waals surface area contributed by atoms with Crippen LogP contribution in [0.2, 0.25) is 0 Å². The third kappa shape index (κ3) is 4.12. The molecule has 0 aliphatic carbocycles. The zero-order valence-corrected chi connectivity index (χ0v) is 9.16. The van der Waals surface area contributed by atoms with Crippen molar-refractivity contribution in [2.75, 3.05) is 11.9 Å². The summed E-state index contributed by atoms with van der Waals surface area (Å²) in [5.74, 6) is 0.889. The van der Waals surface area contributed by atoms with Crippen molar-refractivity contribution in [3.63, 3.8) is 0 Å². The summed E-state index contributed by atoms with van der Waals surface area (Å²) >= 11 is 0. The summed E-state index contributed by atoms with van der Waals surface area (Å²) in [4.78, 5) is 17.7. The predicted octanol–water partition coefficient (Wildman–Crippen LogP) is 0.555. The van der Waals surface area contributed by atoms with Gasteiger partial charge in [0.05, 0.1) is 0 Å². The summed E-state index contributed by atoms with van der Waals surface area (Å²) < 4.78 is 0. The highest BCUT2D eigenvalue weighted by molar-refractivity contribution is 5.30. The number of nitrogens with one attached hydrogen (secondary N) is 2. The molecule has 1 aromatic rings. The summed E-state index contributed by atoms with van der Waals surface area (Å²) in [5, 5.41) is 2.94. The number of anilines is 1. The summed E-state index contributed by atoms with van der Waals surface area (Å²) in [6.07, 6.45) is 3.97. The zero-order chi connectivity index (χ0) is 11.3. The highest BCUT2D eigenvalue weighted by Crippen LogP contribution is 2.02. The molecule has 0 amide bonds. The molecule has 1 heterocycles. The molecule has 0 aromatic carbocycles. The van der Waals surface area contributed by atoms with Crippen LogP contribution in [0.1, 0.15) is 20.3 Å². The van der Waals surface area contributed by atoms with Crippen molar-refractivity contribution in [2.24, 2.45) is 11.7 Å². The number of aromatic amines is 1. The standard InChI is InChI=1S/C10H18N4O/c1-7(2)5-8(11)6-14-9-10(15)13-4-3-12-9/h3-4,7-8H,5-6,11H2,1-2H3,(H,12,14)(H,13,15). The van der Waals surface area contributed by atoms with Crippen LogP contribution in [-0.4, -0.2) is 22.6 Å². The van der Waals surface area contributed by atoms with E-state index in [1.54, 1.807) is 0 Å². The Bertz CT molecular complexity index is 347. The van der Waals surface area contributed by atoms with E-state index in [1.165, 1.54) is 12.4 Å². The van der Waals surface area contributed by atoms with Gasteiger partial charge >= 0.3 is 0 Å². The van der Waals surface area contributed by atoms with E-state index in [9.17, 15) is 4.79 Å². The van der Waals surface area contributed by atoms with Crippen LogP contribution in [0.5, 0.6) is 0 Å². The normalized spacial score (nSPS) is 12.8.